The van der Waals surface area contributed by atoms with Gasteiger partial charge in [-0.25, -0.2) is 9.97 Å². The number of carbonyl (C=O) groups is 8. The van der Waals surface area contributed by atoms with Crippen LogP contribution in [0.2, 0.25) is 0 Å². The van der Waals surface area contributed by atoms with Gasteiger partial charge in [0.25, 0.3) is 11.1 Å². The van der Waals surface area contributed by atoms with E-state index in [1.165, 1.54) is 76.2 Å². The molecule has 2 saturated heterocycles. The summed E-state index contributed by atoms with van der Waals surface area (Å²) in [5.74, 6) is -4.57. The van der Waals surface area contributed by atoms with Gasteiger partial charge in [0.1, 0.15) is 38.1 Å². The van der Waals surface area contributed by atoms with E-state index in [9.17, 15) is 47.9 Å². The van der Waals surface area contributed by atoms with Gasteiger partial charge in [-0.1, -0.05) is 78.1 Å². The summed E-state index contributed by atoms with van der Waals surface area (Å²) in [5, 5.41) is 5.18. The first kappa shape index (κ1) is 61.2. The molecule has 2 aliphatic heterocycles. The van der Waals surface area contributed by atoms with E-state index in [4.69, 9.17) is 37.9 Å². The number of nitrogens with one attached hydrogen (secondary N) is 4. The summed E-state index contributed by atoms with van der Waals surface area (Å²) in [6.45, 7) is 10.8. The van der Waals surface area contributed by atoms with Crippen LogP contribution in [-0.4, -0.2) is 137 Å². The number of anilines is 2. The maximum absolute atomic E-state index is 13.0. The zero-order valence-electron chi connectivity index (χ0n) is 45.1. The summed E-state index contributed by atoms with van der Waals surface area (Å²) in [7, 11) is 0. The van der Waals surface area contributed by atoms with Crippen LogP contribution in [-0.2, 0) is 76.3 Å². The first-order valence-corrected chi connectivity index (χ1v) is 26.0. The summed E-state index contributed by atoms with van der Waals surface area (Å²) in [4.78, 5) is 143. The van der Waals surface area contributed by atoms with Crippen molar-refractivity contribution in [2.75, 3.05) is 23.8 Å². The first-order valence-electron chi connectivity index (χ1n) is 26.0. The predicted molar refractivity (Wildman–Crippen MR) is 273 cm³/mol. The van der Waals surface area contributed by atoms with Crippen LogP contribution in [0.3, 0.4) is 0 Å². The van der Waals surface area contributed by atoms with Gasteiger partial charge in [-0.15, -0.1) is 0 Å². The number of hydrogen-bond donors (Lipinski definition) is 4. The molecule has 2 aliphatic rings. The van der Waals surface area contributed by atoms with Crippen molar-refractivity contribution < 1.29 is 76.3 Å². The van der Waals surface area contributed by atoms with Gasteiger partial charge in [0, 0.05) is 54.4 Å². The number of carbonyl (C=O) groups excluding carboxylic acids is 8. The van der Waals surface area contributed by atoms with Crippen LogP contribution in [0, 0.1) is 0 Å². The quantitative estimate of drug-likeness (QED) is 0.0387. The highest BCUT2D eigenvalue weighted by molar-refractivity contribution is 5.90. The highest BCUT2D eigenvalue weighted by atomic mass is 16.7. The van der Waals surface area contributed by atoms with Crippen LogP contribution in [0.4, 0.5) is 11.9 Å². The van der Waals surface area contributed by atoms with E-state index in [-0.39, 0.29) is 59.3 Å². The molecule has 8 atom stereocenters. The largest absolute Gasteiger partial charge is 0.463 e. The molecule has 4 N–H and O–H groups in total. The van der Waals surface area contributed by atoms with Crippen molar-refractivity contribution in [2.45, 2.75) is 194 Å². The molecule has 0 saturated carbocycles. The van der Waals surface area contributed by atoms with Crippen LogP contribution >= 0.6 is 0 Å². The molecule has 28 nitrogen and oxygen atoms in total. The minimum absolute atomic E-state index is 0.00580. The molecule has 2 fully saturated rings. The van der Waals surface area contributed by atoms with Gasteiger partial charge in [0.2, 0.25) is 23.7 Å². The Morgan fingerprint density at radius 2 is 0.833 bits per heavy atom. The van der Waals surface area contributed by atoms with Gasteiger partial charge in [0.15, 0.2) is 59.2 Å². The van der Waals surface area contributed by atoms with Gasteiger partial charge >= 0.3 is 35.8 Å². The number of amides is 2. The molecule has 0 bridgehead atoms. The van der Waals surface area contributed by atoms with Crippen molar-refractivity contribution in [3.05, 3.63) is 33.4 Å². The molecule has 78 heavy (non-hydrogen) atoms. The minimum atomic E-state index is -1.19. The zero-order valence-corrected chi connectivity index (χ0v) is 45.1. The summed E-state index contributed by atoms with van der Waals surface area (Å²) >= 11 is 0. The molecule has 6 heterocycles. The lowest BCUT2D eigenvalue weighted by molar-refractivity contribution is -0.166. The second-order valence-electron chi connectivity index (χ2n) is 18.6. The number of esters is 6. The molecule has 0 aromatic carbocycles. The normalized spacial score (nSPS) is 20.5. The molecule has 4 aromatic heterocycles. The lowest BCUT2D eigenvalue weighted by Crippen LogP contribution is -2.40. The van der Waals surface area contributed by atoms with E-state index >= 15 is 0 Å². The van der Waals surface area contributed by atoms with Crippen molar-refractivity contribution in [2.24, 2.45) is 0 Å². The maximum Gasteiger partial charge on any atom is 0.303 e. The molecule has 0 aliphatic carbocycles. The lowest BCUT2D eigenvalue weighted by atomic mass is 10.1. The number of H-pyrrole nitrogens is 2. The average Bonchev–Trinajstić information content (AvgIpc) is 4.14. The number of ether oxygens (including phenoxy) is 8. The summed E-state index contributed by atoms with van der Waals surface area (Å²) < 4.78 is 46.1. The number of fused-ring (bicyclic) bond motifs is 2. The average molecular weight is 1100 g/mol. The van der Waals surface area contributed by atoms with Gasteiger partial charge in [-0.05, 0) is 12.8 Å². The Hall–Kier alpha value is -7.62. The van der Waals surface area contributed by atoms with Crippen LogP contribution in [0.15, 0.2) is 22.2 Å². The van der Waals surface area contributed by atoms with E-state index < -0.39 is 96.0 Å². The molecular weight excluding hydrogens is 1030 g/mol. The first-order chi connectivity index (χ1) is 37.2. The van der Waals surface area contributed by atoms with Gasteiger partial charge in [-0.3, -0.25) is 77.7 Å². The van der Waals surface area contributed by atoms with Crippen molar-refractivity contribution in [3.8, 4) is 0 Å². The van der Waals surface area contributed by atoms with Crippen molar-refractivity contribution in [1.29, 1.82) is 0 Å². The monoisotopic (exact) mass is 1100 g/mol. The van der Waals surface area contributed by atoms with E-state index in [2.05, 4.69) is 54.4 Å². The minimum Gasteiger partial charge on any atom is -0.463 e. The summed E-state index contributed by atoms with van der Waals surface area (Å²) in [5.41, 5.74) is -1.31. The van der Waals surface area contributed by atoms with Crippen molar-refractivity contribution in [1.82, 2.24) is 39.0 Å². The second kappa shape index (κ2) is 29.8. The highest BCUT2D eigenvalue weighted by Crippen LogP contribution is 2.37. The highest BCUT2D eigenvalue weighted by Gasteiger charge is 2.52. The smallest absolute Gasteiger partial charge is 0.303 e. The fourth-order valence-electron chi connectivity index (χ4n) is 8.76. The summed E-state index contributed by atoms with van der Waals surface area (Å²) in [6, 6.07) is 0. The number of nitrogens with zero attached hydrogens (tertiary/aromatic N) is 6. The van der Waals surface area contributed by atoms with E-state index in [1.807, 2.05) is 0 Å². The molecule has 8 unspecified atom stereocenters. The molecule has 4 aromatic rings. The molecule has 0 spiro atoms. The Morgan fingerprint density at radius 1 is 0.500 bits per heavy atom. The Balaban J connectivity index is 0.000000287. The Kier molecular flexibility index (Phi) is 23.4. The van der Waals surface area contributed by atoms with E-state index in [0.29, 0.717) is 12.8 Å². The van der Waals surface area contributed by atoms with Crippen molar-refractivity contribution >= 4 is 81.9 Å². The molecular formula is C50H70N10O18. The molecule has 28 heteroatoms. The topological polar surface area (TPSA) is 362 Å². The van der Waals surface area contributed by atoms with Crippen LogP contribution in [0.5, 0.6) is 0 Å². The predicted octanol–water partition coefficient (Wildman–Crippen LogP) is 4.27. The Bertz CT molecular complexity index is 2670. The standard InChI is InChI=1S/2C25H35N5O9/c2*1-5-6-7-8-9-10-11-18(34)27-25-28-22-19(23(35)29-25)30(13-26-22)24-21(38-16(4)33)20(37-15(3)32)17(39-24)12-36-14(2)31/h2*13,17,20-21,24H,5-12H2,1-4H3,(H2,27,28,29,34,35). The molecule has 428 valence electrons. The van der Waals surface area contributed by atoms with Gasteiger partial charge in [-0.2, -0.15) is 9.97 Å². The summed E-state index contributed by atoms with van der Waals surface area (Å²) in [6.07, 6.45) is 6.51. The SMILES string of the molecule is CCCCCCCCC(=O)Nc1nc2ncn(C3OC(COC(C)=O)C(OC(C)=O)C3OC(C)=O)c2c(=O)[nH]1.CCCCCCCCC(=O)Nc1nc2ncn(C3OC(COC(C)=O)C(OC(C)=O)C3OC(C)=O)c2c(=O)[nH]1. The number of imidazole rings is 2. The number of rotatable bonds is 26. The molecule has 0 radical (unpaired) electrons. The Labute approximate surface area is 447 Å². The van der Waals surface area contributed by atoms with E-state index in [1.54, 1.807) is 0 Å². The third kappa shape index (κ3) is 17.7. The maximum atomic E-state index is 13.0. The van der Waals surface area contributed by atoms with E-state index in [0.717, 1.165) is 64.2 Å². The fourth-order valence-corrected chi connectivity index (χ4v) is 8.76. The number of hydrogen-bond acceptors (Lipinski definition) is 22. The fraction of sp³-hybridized carbons (Fsp3) is 0.640. The lowest BCUT2D eigenvalue weighted by Gasteiger charge is -2.23. The molecule has 2 amide bonds. The second-order valence-corrected chi connectivity index (χ2v) is 18.6. The van der Waals surface area contributed by atoms with Gasteiger partial charge < -0.3 is 37.9 Å². The number of unbranched alkanes of at least 4 members (excludes halogenated alkanes) is 10. The zero-order chi connectivity index (χ0) is 57.1. The van der Waals surface area contributed by atoms with Crippen LogP contribution in [0.25, 0.3) is 22.3 Å². The van der Waals surface area contributed by atoms with Crippen LogP contribution in [0.1, 0.15) is 158 Å². The molecule has 6 rings (SSSR count). The number of aromatic amines is 2. The van der Waals surface area contributed by atoms with Crippen molar-refractivity contribution in [3.63, 3.8) is 0 Å². The Morgan fingerprint density at radius 3 is 1.17 bits per heavy atom. The number of aromatic nitrogens is 8. The third-order valence-corrected chi connectivity index (χ3v) is 12.1. The van der Waals surface area contributed by atoms with Gasteiger partial charge in [0.05, 0.1) is 0 Å². The third-order valence-electron chi connectivity index (χ3n) is 12.1. The van der Waals surface area contributed by atoms with Crippen LogP contribution < -0.4 is 21.8 Å².